The number of nitrogens with two attached hydrogens (primary N) is 1. The fourth-order valence-corrected chi connectivity index (χ4v) is 2.67. The minimum absolute atomic E-state index is 0.162. The smallest absolute Gasteiger partial charge is 0.160 e. The average Bonchev–Trinajstić information content (AvgIpc) is 2.41. The van der Waals surface area contributed by atoms with Crippen LogP contribution in [-0.4, -0.2) is 60.9 Å². The van der Waals surface area contributed by atoms with Crippen LogP contribution in [-0.2, 0) is 6.42 Å². The van der Waals surface area contributed by atoms with Gasteiger partial charge in [0.15, 0.2) is 11.5 Å². The van der Waals surface area contributed by atoms with Crippen molar-refractivity contribution in [3.8, 4) is 11.5 Å². The normalized spacial score (nSPS) is 20.6. The number of piperazine rings is 1. The molecule has 3 N–H and O–H groups in total. The van der Waals surface area contributed by atoms with Crippen molar-refractivity contribution in [3.05, 3.63) is 23.8 Å². The molecule has 0 bridgehead atoms. The number of likely N-dealkylation sites (N-methyl/N-ethyl adjacent to an activating group) is 1. The molecule has 1 saturated heterocycles. The van der Waals surface area contributed by atoms with Crippen LogP contribution < -0.4 is 10.5 Å². The van der Waals surface area contributed by atoms with Crippen LogP contribution in [0.25, 0.3) is 0 Å². The molecule has 1 fully saturated rings. The number of nitrogens with zero attached hydrogens (tertiary/aromatic N) is 2. The third kappa shape index (κ3) is 3.42. The van der Waals surface area contributed by atoms with E-state index in [4.69, 9.17) is 10.5 Å². The lowest BCUT2D eigenvalue weighted by atomic mass is 9.99. The van der Waals surface area contributed by atoms with Crippen molar-refractivity contribution in [1.29, 1.82) is 0 Å². The summed E-state index contributed by atoms with van der Waals surface area (Å²) >= 11 is 0. The number of aromatic hydroxyl groups is 1. The Morgan fingerprint density at radius 1 is 1.30 bits per heavy atom. The van der Waals surface area contributed by atoms with Crippen molar-refractivity contribution in [3.63, 3.8) is 0 Å². The predicted molar refractivity (Wildman–Crippen MR) is 80.0 cm³/mol. The Bertz CT molecular complexity index is 454. The molecule has 1 aliphatic rings. The van der Waals surface area contributed by atoms with Crippen LogP contribution in [0.4, 0.5) is 0 Å². The van der Waals surface area contributed by atoms with Crippen LogP contribution >= 0.6 is 0 Å². The fraction of sp³-hybridized carbons (Fsp3) is 0.600. The van der Waals surface area contributed by atoms with Gasteiger partial charge in [-0.3, -0.25) is 4.90 Å². The Labute approximate surface area is 120 Å². The van der Waals surface area contributed by atoms with Gasteiger partial charge in [-0.1, -0.05) is 6.07 Å². The third-order valence-electron chi connectivity index (χ3n) is 4.03. The van der Waals surface area contributed by atoms with Crippen LogP contribution in [0.15, 0.2) is 18.2 Å². The maximum Gasteiger partial charge on any atom is 0.160 e. The molecule has 0 saturated carbocycles. The Kier molecular flexibility index (Phi) is 4.52. The topological polar surface area (TPSA) is 62.0 Å². The van der Waals surface area contributed by atoms with Crippen molar-refractivity contribution in [2.75, 3.05) is 40.3 Å². The maximum atomic E-state index is 9.64. The largest absolute Gasteiger partial charge is 0.504 e. The van der Waals surface area contributed by atoms with Crippen molar-refractivity contribution in [2.45, 2.75) is 19.0 Å². The first-order valence-electron chi connectivity index (χ1n) is 7.01. The molecule has 5 heteroatoms. The first-order chi connectivity index (χ1) is 9.42. The molecule has 112 valence electrons. The van der Waals surface area contributed by atoms with Gasteiger partial charge in [-0.2, -0.15) is 0 Å². The van der Waals surface area contributed by atoms with Gasteiger partial charge in [0.05, 0.1) is 12.8 Å². The zero-order chi connectivity index (χ0) is 14.8. The second kappa shape index (κ2) is 5.99. The van der Waals surface area contributed by atoms with Crippen LogP contribution in [0.2, 0.25) is 0 Å². The van der Waals surface area contributed by atoms with E-state index >= 15 is 0 Å². The molecule has 1 aliphatic heterocycles. The van der Waals surface area contributed by atoms with Crippen molar-refractivity contribution in [2.24, 2.45) is 5.73 Å². The molecule has 0 radical (unpaired) electrons. The summed E-state index contributed by atoms with van der Waals surface area (Å²) in [5.41, 5.74) is 7.19. The highest BCUT2D eigenvalue weighted by Gasteiger charge is 2.30. The van der Waals surface area contributed by atoms with Crippen LogP contribution in [0.3, 0.4) is 0 Å². The zero-order valence-electron chi connectivity index (χ0n) is 12.6. The predicted octanol–water partition coefficient (Wildman–Crippen LogP) is 0.866. The summed E-state index contributed by atoms with van der Waals surface area (Å²) in [6.45, 7) is 6.13. The van der Waals surface area contributed by atoms with Gasteiger partial charge in [0.25, 0.3) is 0 Å². The summed E-state index contributed by atoms with van der Waals surface area (Å²) in [6.07, 6.45) is 0.730. The Hall–Kier alpha value is -1.30. The minimum Gasteiger partial charge on any atom is -0.504 e. The number of rotatable bonds is 4. The number of hydrogen-bond acceptors (Lipinski definition) is 5. The van der Waals surface area contributed by atoms with E-state index in [0.717, 1.165) is 38.2 Å². The van der Waals surface area contributed by atoms with E-state index in [1.54, 1.807) is 13.2 Å². The van der Waals surface area contributed by atoms with Crippen LogP contribution in [0.5, 0.6) is 11.5 Å². The summed E-state index contributed by atoms with van der Waals surface area (Å²) in [6, 6.07) is 5.42. The second-order valence-electron chi connectivity index (χ2n) is 5.83. The first kappa shape index (κ1) is 15.1. The van der Waals surface area contributed by atoms with Gasteiger partial charge in [-0.05, 0) is 31.7 Å². The van der Waals surface area contributed by atoms with E-state index in [0.29, 0.717) is 5.75 Å². The van der Waals surface area contributed by atoms with Crippen molar-refractivity contribution >= 4 is 0 Å². The molecule has 5 nitrogen and oxygen atoms in total. The molecule has 0 amide bonds. The Morgan fingerprint density at radius 3 is 2.55 bits per heavy atom. The third-order valence-corrected chi connectivity index (χ3v) is 4.03. The monoisotopic (exact) mass is 279 g/mol. The second-order valence-corrected chi connectivity index (χ2v) is 5.83. The summed E-state index contributed by atoms with van der Waals surface area (Å²) in [4.78, 5) is 4.64. The minimum atomic E-state index is -0.386. The Morgan fingerprint density at radius 2 is 1.95 bits per heavy atom. The maximum absolute atomic E-state index is 9.64. The molecule has 2 rings (SSSR count). The van der Waals surface area contributed by atoms with Gasteiger partial charge in [-0.25, -0.2) is 0 Å². The average molecular weight is 279 g/mol. The standard InChI is InChI=1S/C15H25N3O2/c1-15(16,18-8-6-17(2)7-9-18)11-12-4-5-13(19)14(10-12)20-3/h4-5,10,19H,6-9,11,16H2,1-3H3. The summed E-state index contributed by atoms with van der Waals surface area (Å²) < 4.78 is 5.15. The zero-order valence-corrected chi connectivity index (χ0v) is 12.6. The summed E-state index contributed by atoms with van der Waals surface area (Å²) in [5, 5.41) is 9.64. The van der Waals surface area contributed by atoms with Gasteiger partial charge >= 0.3 is 0 Å². The van der Waals surface area contributed by atoms with Crippen molar-refractivity contribution < 1.29 is 9.84 Å². The van der Waals surface area contributed by atoms with E-state index in [9.17, 15) is 5.11 Å². The highest BCUT2D eigenvalue weighted by molar-refractivity contribution is 5.42. The van der Waals surface area contributed by atoms with E-state index in [-0.39, 0.29) is 11.4 Å². The van der Waals surface area contributed by atoms with Gasteiger partial charge in [-0.15, -0.1) is 0 Å². The molecule has 1 atom stereocenters. The van der Waals surface area contributed by atoms with E-state index in [1.165, 1.54) is 0 Å². The Balaban J connectivity index is 2.07. The van der Waals surface area contributed by atoms with Crippen molar-refractivity contribution in [1.82, 2.24) is 9.80 Å². The summed E-state index contributed by atoms with van der Waals surface area (Å²) in [5.74, 6) is 0.659. The molecule has 1 heterocycles. The molecular formula is C15H25N3O2. The van der Waals surface area contributed by atoms with Gasteiger partial charge < -0.3 is 20.5 Å². The SMILES string of the molecule is COc1cc(CC(C)(N)N2CCN(C)CC2)ccc1O. The fourth-order valence-electron chi connectivity index (χ4n) is 2.67. The van der Waals surface area contributed by atoms with E-state index in [2.05, 4.69) is 23.8 Å². The van der Waals surface area contributed by atoms with Crippen LogP contribution in [0.1, 0.15) is 12.5 Å². The number of methoxy groups -OCH3 is 1. The highest BCUT2D eigenvalue weighted by atomic mass is 16.5. The molecule has 1 unspecified atom stereocenters. The number of benzene rings is 1. The van der Waals surface area contributed by atoms with Gasteiger partial charge in [0.2, 0.25) is 0 Å². The highest BCUT2D eigenvalue weighted by Crippen LogP contribution is 2.28. The lowest BCUT2D eigenvalue weighted by molar-refractivity contribution is 0.0546. The van der Waals surface area contributed by atoms with Crippen LogP contribution in [0, 0.1) is 0 Å². The van der Waals surface area contributed by atoms with E-state index in [1.807, 2.05) is 12.1 Å². The molecular weight excluding hydrogens is 254 g/mol. The molecule has 0 aliphatic carbocycles. The lowest BCUT2D eigenvalue weighted by Crippen LogP contribution is -2.60. The number of phenolic OH excluding ortho intramolecular Hbond substituents is 1. The lowest BCUT2D eigenvalue weighted by Gasteiger charge is -2.43. The molecule has 0 spiro atoms. The first-order valence-corrected chi connectivity index (χ1v) is 7.01. The quantitative estimate of drug-likeness (QED) is 0.856. The molecule has 1 aromatic carbocycles. The van der Waals surface area contributed by atoms with E-state index < -0.39 is 0 Å². The summed E-state index contributed by atoms with van der Waals surface area (Å²) in [7, 11) is 3.69. The molecule has 0 aromatic heterocycles. The number of hydrogen-bond donors (Lipinski definition) is 2. The number of ether oxygens (including phenoxy) is 1. The van der Waals surface area contributed by atoms with Gasteiger partial charge in [0, 0.05) is 32.6 Å². The van der Waals surface area contributed by atoms with Gasteiger partial charge in [0.1, 0.15) is 0 Å². The molecule has 1 aromatic rings. The number of phenols is 1. The molecule has 20 heavy (non-hydrogen) atoms.